The van der Waals surface area contributed by atoms with Gasteiger partial charge < -0.3 is 10.2 Å². The van der Waals surface area contributed by atoms with Crippen LogP contribution in [0.25, 0.3) is 21.9 Å². The van der Waals surface area contributed by atoms with Crippen molar-refractivity contribution in [1.82, 2.24) is 0 Å². The molecule has 1 amide bonds. The molecule has 0 aliphatic carbocycles. The zero-order valence-corrected chi connectivity index (χ0v) is 11.8. The van der Waals surface area contributed by atoms with Crippen molar-refractivity contribution in [2.45, 2.75) is 4.90 Å². The number of amides is 1. The third kappa shape index (κ3) is 2.30. The Bertz CT molecular complexity index is 856. The second-order valence-corrected chi connectivity index (χ2v) is 6.24. The fourth-order valence-electron chi connectivity index (χ4n) is 2.08. The van der Waals surface area contributed by atoms with Gasteiger partial charge in [0.05, 0.1) is 10.8 Å². The molecule has 0 saturated heterocycles. The maximum absolute atomic E-state index is 12.0. The summed E-state index contributed by atoms with van der Waals surface area (Å²) in [5.74, 6) is -0.786. The van der Waals surface area contributed by atoms with Crippen molar-refractivity contribution >= 4 is 50.2 Å². The summed E-state index contributed by atoms with van der Waals surface area (Å²) in [5, 5.41) is 2.27. The first-order valence-corrected chi connectivity index (χ1v) is 7.53. The smallest absolute Gasteiger partial charge is 0.230 e. The number of hydrogen-bond donors (Lipinski definition) is 1. The number of carbonyl (C=O) groups is 1. The summed E-state index contributed by atoms with van der Waals surface area (Å²) >= 11 is 5.98. The fraction of sp³-hybridized carbons (Fsp3) is 0.0714. The van der Waals surface area contributed by atoms with E-state index in [0.29, 0.717) is 21.1 Å². The van der Waals surface area contributed by atoms with E-state index >= 15 is 0 Å². The molecule has 3 aromatic rings. The highest BCUT2D eigenvalue weighted by Crippen LogP contribution is 2.31. The Kier molecular flexibility index (Phi) is 3.23. The van der Waals surface area contributed by atoms with Crippen LogP contribution in [0.1, 0.15) is 0 Å². The van der Waals surface area contributed by atoms with Gasteiger partial charge in [-0.1, -0.05) is 11.6 Å². The lowest BCUT2D eigenvalue weighted by molar-refractivity contribution is -0.115. The second kappa shape index (κ2) is 4.92. The van der Waals surface area contributed by atoms with Gasteiger partial charge in [-0.05, 0) is 36.4 Å². The van der Waals surface area contributed by atoms with Gasteiger partial charge in [-0.3, -0.25) is 9.00 Å². The Morgan fingerprint density at radius 3 is 2.50 bits per heavy atom. The van der Waals surface area contributed by atoms with E-state index in [2.05, 4.69) is 0 Å². The summed E-state index contributed by atoms with van der Waals surface area (Å²) in [6.07, 6.45) is 0. The van der Waals surface area contributed by atoms with Crippen LogP contribution < -0.4 is 5.73 Å². The molecule has 2 N–H and O–H groups in total. The number of carbonyl (C=O) groups excluding carboxylic acids is 1. The summed E-state index contributed by atoms with van der Waals surface area (Å²) in [6, 6.07) is 10.5. The van der Waals surface area contributed by atoms with Crippen molar-refractivity contribution in [1.29, 1.82) is 0 Å². The van der Waals surface area contributed by atoms with Crippen LogP contribution in [0.5, 0.6) is 0 Å². The molecular weight excluding hydrogens is 298 g/mol. The van der Waals surface area contributed by atoms with Crippen molar-refractivity contribution in [2.75, 3.05) is 5.75 Å². The second-order valence-electron chi connectivity index (χ2n) is 4.36. The van der Waals surface area contributed by atoms with Crippen LogP contribution in [0.4, 0.5) is 0 Å². The largest absolute Gasteiger partial charge is 0.456 e. The average Bonchev–Trinajstić information content (AvgIpc) is 2.75. The Morgan fingerprint density at radius 1 is 1.15 bits per heavy atom. The van der Waals surface area contributed by atoms with E-state index in [1.54, 1.807) is 36.4 Å². The molecule has 0 spiro atoms. The minimum Gasteiger partial charge on any atom is -0.456 e. The Labute approximate surface area is 121 Å². The van der Waals surface area contributed by atoms with Gasteiger partial charge in [0.2, 0.25) is 5.91 Å². The molecule has 1 unspecified atom stereocenters. The van der Waals surface area contributed by atoms with Crippen molar-refractivity contribution in [2.24, 2.45) is 5.73 Å². The van der Waals surface area contributed by atoms with Crippen LogP contribution in [0.15, 0.2) is 45.7 Å². The molecule has 6 heteroatoms. The first-order chi connectivity index (χ1) is 9.54. The van der Waals surface area contributed by atoms with E-state index in [1.807, 2.05) is 0 Å². The van der Waals surface area contributed by atoms with Gasteiger partial charge in [-0.2, -0.15) is 0 Å². The molecule has 1 heterocycles. The van der Waals surface area contributed by atoms with Crippen LogP contribution in [-0.4, -0.2) is 15.9 Å². The van der Waals surface area contributed by atoms with Gasteiger partial charge in [0.25, 0.3) is 0 Å². The number of rotatable bonds is 3. The van der Waals surface area contributed by atoms with Crippen LogP contribution in [-0.2, 0) is 15.6 Å². The highest BCUT2D eigenvalue weighted by molar-refractivity contribution is 7.85. The van der Waals surface area contributed by atoms with Gasteiger partial charge in [-0.25, -0.2) is 0 Å². The normalized spacial score (nSPS) is 12.8. The van der Waals surface area contributed by atoms with Gasteiger partial charge in [0, 0.05) is 20.7 Å². The Hall–Kier alpha value is -1.85. The van der Waals surface area contributed by atoms with Crippen molar-refractivity contribution in [3.8, 4) is 0 Å². The topological polar surface area (TPSA) is 73.3 Å². The maximum atomic E-state index is 12.0. The summed E-state index contributed by atoms with van der Waals surface area (Å²) in [4.78, 5) is 11.4. The predicted octanol–water partition coefficient (Wildman–Crippen LogP) is 2.83. The number of nitrogens with two attached hydrogens (primary N) is 1. The molecule has 1 aromatic heterocycles. The Balaban J connectivity index is 2.18. The summed E-state index contributed by atoms with van der Waals surface area (Å²) in [5.41, 5.74) is 6.46. The average molecular weight is 308 g/mol. The Morgan fingerprint density at radius 2 is 1.80 bits per heavy atom. The maximum Gasteiger partial charge on any atom is 0.230 e. The fourth-order valence-corrected chi connectivity index (χ4v) is 3.15. The molecule has 2 aromatic carbocycles. The number of hydrogen-bond acceptors (Lipinski definition) is 3. The summed E-state index contributed by atoms with van der Waals surface area (Å²) < 4.78 is 17.7. The predicted molar refractivity (Wildman–Crippen MR) is 79.2 cm³/mol. The number of furan rings is 1. The molecule has 0 fully saturated rings. The van der Waals surface area contributed by atoms with Gasteiger partial charge in [0.15, 0.2) is 0 Å². The van der Waals surface area contributed by atoms with E-state index in [-0.39, 0.29) is 5.75 Å². The third-order valence-corrected chi connectivity index (χ3v) is 4.50. The SMILES string of the molecule is NC(=O)CS(=O)c1ccc2oc3ccc(Cl)cc3c2c1. The van der Waals surface area contributed by atoms with Gasteiger partial charge >= 0.3 is 0 Å². The molecule has 3 rings (SSSR count). The molecule has 1 atom stereocenters. The molecule has 0 radical (unpaired) electrons. The van der Waals surface area contributed by atoms with Crippen molar-refractivity contribution in [3.05, 3.63) is 41.4 Å². The van der Waals surface area contributed by atoms with Gasteiger partial charge in [0.1, 0.15) is 16.9 Å². The number of primary amides is 1. The van der Waals surface area contributed by atoms with E-state index < -0.39 is 16.7 Å². The first-order valence-electron chi connectivity index (χ1n) is 5.83. The molecule has 4 nitrogen and oxygen atoms in total. The standard InChI is InChI=1S/C14H10ClNO3S/c15-8-1-3-12-10(5-8)11-6-9(2-4-13(11)19-12)20(18)7-14(16)17/h1-6H,7H2,(H2,16,17). The molecule has 0 aliphatic heterocycles. The minimum absolute atomic E-state index is 0.192. The molecule has 0 saturated carbocycles. The van der Waals surface area contributed by atoms with Crippen molar-refractivity contribution in [3.63, 3.8) is 0 Å². The number of benzene rings is 2. The molecule has 0 aliphatic rings. The highest BCUT2D eigenvalue weighted by Gasteiger charge is 2.12. The molecular formula is C14H10ClNO3S. The van der Waals surface area contributed by atoms with Gasteiger partial charge in [-0.15, -0.1) is 0 Å². The summed E-state index contributed by atoms with van der Waals surface area (Å²) in [7, 11) is -1.45. The summed E-state index contributed by atoms with van der Waals surface area (Å²) in [6.45, 7) is 0. The van der Waals surface area contributed by atoms with Crippen LogP contribution in [0, 0.1) is 0 Å². The van der Waals surface area contributed by atoms with E-state index in [0.717, 1.165) is 10.8 Å². The van der Waals surface area contributed by atoms with Crippen LogP contribution in [0.2, 0.25) is 5.02 Å². The van der Waals surface area contributed by atoms with E-state index in [4.69, 9.17) is 21.8 Å². The molecule has 102 valence electrons. The van der Waals surface area contributed by atoms with Crippen molar-refractivity contribution < 1.29 is 13.4 Å². The van der Waals surface area contributed by atoms with Crippen LogP contribution >= 0.6 is 11.6 Å². The minimum atomic E-state index is -1.45. The quantitative estimate of drug-likeness (QED) is 0.808. The molecule has 0 bridgehead atoms. The first kappa shape index (κ1) is 13.1. The number of fused-ring (bicyclic) bond motifs is 3. The lowest BCUT2D eigenvalue weighted by Gasteiger charge is -1.99. The van der Waals surface area contributed by atoms with E-state index in [9.17, 15) is 9.00 Å². The lowest BCUT2D eigenvalue weighted by Crippen LogP contribution is -2.19. The molecule has 20 heavy (non-hydrogen) atoms. The van der Waals surface area contributed by atoms with E-state index in [1.165, 1.54) is 0 Å². The highest BCUT2D eigenvalue weighted by atomic mass is 35.5. The zero-order chi connectivity index (χ0) is 14.3. The monoisotopic (exact) mass is 307 g/mol. The van der Waals surface area contributed by atoms with Crippen LogP contribution in [0.3, 0.4) is 0 Å². The third-order valence-electron chi connectivity index (χ3n) is 2.94. The lowest BCUT2D eigenvalue weighted by atomic mass is 10.1. The zero-order valence-electron chi connectivity index (χ0n) is 10.3. The number of halogens is 1.